The fourth-order valence-corrected chi connectivity index (χ4v) is 5.48. The number of imidazole rings is 1. The molecule has 1 aromatic heterocycles. The van der Waals surface area contributed by atoms with E-state index in [2.05, 4.69) is 17.2 Å². The molecule has 4 aromatic rings. The minimum Gasteiger partial charge on any atom is -0.611 e. The summed E-state index contributed by atoms with van der Waals surface area (Å²) >= 11 is -1.21. The van der Waals surface area contributed by atoms with Crippen LogP contribution in [0.4, 0.5) is 5.69 Å². The molecule has 0 spiro atoms. The normalized spacial score (nSPS) is 11.9. The molecule has 1 amide bonds. The molecule has 0 saturated heterocycles. The van der Waals surface area contributed by atoms with Gasteiger partial charge in [-0.15, -0.1) is 0 Å². The van der Waals surface area contributed by atoms with Crippen LogP contribution in [0.1, 0.15) is 37.9 Å². The van der Waals surface area contributed by atoms with Gasteiger partial charge in [0.1, 0.15) is 18.1 Å². The van der Waals surface area contributed by atoms with E-state index in [1.165, 1.54) is 6.08 Å². The van der Waals surface area contributed by atoms with E-state index in [9.17, 15) is 9.35 Å². The van der Waals surface area contributed by atoms with Gasteiger partial charge in [0.2, 0.25) is 5.91 Å². The van der Waals surface area contributed by atoms with Crippen molar-refractivity contribution in [1.29, 1.82) is 0 Å². The van der Waals surface area contributed by atoms with Crippen LogP contribution in [-0.4, -0.2) is 46.9 Å². The first-order chi connectivity index (χ1) is 21.0. The van der Waals surface area contributed by atoms with E-state index in [1.807, 2.05) is 54.0 Å². The smallest absolute Gasteiger partial charge is 0.248 e. The summed E-state index contributed by atoms with van der Waals surface area (Å²) in [5.41, 5.74) is 4.32. The number of carbonyl (C=O) groups is 1. The zero-order valence-corrected chi connectivity index (χ0v) is 25.8. The van der Waals surface area contributed by atoms with Crippen molar-refractivity contribution >= 4 is 28.8 Å². The molecule has 0 unspecified atom stereocenters. The molecule has 8 nitrogen and oxygen atoms in total. The van der Waals surface area contributed by atoms with Crippen LogP contribution in [0.25, 0.3) is 17.2 Å². The van der Waals surface area contributed by atoms with Crippen molar-refractivity contribution in [1.82, 2.24) is 9.55 Å². The number of anilines is 1. The second-order valence-electron chi connectivity index (χ2n) is 9.80. The van der Waals surface area contributed by atoms with Crippen LogP contribution in [0.2, 0.25) is 0 Å². The van der Waals surface area contributed by atoms with Gasteiger partial charge in [0.05, 0.1) is 31.9 Å². The minimum absolute atomic E-state index is 0.284. The topological polar surface area (TPSA) is 97.7 Å². The largest absolute Gasteiger partial charge is 0.611 e. The highest BCUT2D eigenvalue weighted by molar-refractivity contribution is 7.90. The van der Waals surface area contributed by atoms with Gasteiger partial charge in [0.25, 0.3) is 0 Å². The second-order valence-corrected chi connectivity index (χ2v) is 11.3. The van der Waals surface area contributed by atoms with Crippen molar-refractivity contribution in [3.8, 4) is 22.6 Å². The first-order valence-electron chi connectivity index (χ1n) is 14.5. The summed E-state index contributed by atoms with van der Waals surface area (Å²) in [6.45, 7) is 6.79. The highest BCUT2D eigenvalue weighted by atomic mass is 32.2. The number of benzene rings is 3. The number of hydrogen-bond acceptors (Lipinski definition) is 6. The monoisotopic (exact) mass is 601 g/mol. The molecule has 43 heavy (non-hydrogen) atoms. The lowest BCUT2D eigenvalue weighted by Crippen LogP contribution is -2.10. The number of unbranched alkanes of at least 4 members (excludes halogenated alkanes) is 1. The molecule has 4 rings (SSSR count). The summed E-state index contributed by atoms with van der Waals surface area (Å²) in [6, 6.07) is 20.8. The van der Waals surface area contributed by atoms with Crippen LogP contribution < -0.4 is 14.8 Å². The summed E-state index contributed by atoms with van der Waals surface area (Å²) in [4.78, 5) is 17.5. The first-order valence-corrected chi connectivity index (χ1v) is 15.8. The Hall–Kier alpha value is -4.05. The number of methoxy groups -OCH3 is 1. The van der Waals surface area contributed by atoms with Crippen LogP contribution in [0, 0.1) is 0 Å². The van der Waals surface area contributed by atoms with Gasteiger partial charge in [-0.1, -0.05) is 31.5 Å². The molecular weight excluding hydrogens is 562 g/mol. The standard InChI is InChI=1S/C34H39N3O5S/c1-4-6-19-41-20-21-42-31-13-7-26(8-14-31)27-9-17-33(40-3)28(22-27)10-18-34(38)36-29-11-15-32(16-12-29)43(39)24-30-23-35-25-37(30)5-2/h7-18,22-23,25H,4-6,19-21,24H2,1-3H3,(H,36,38)/b18-10+/t43-/m0/s1. The Balaban J connectivity index is 1.34. The average molecular weight is 602 g/mol. The van der Waals surface area contributed by atoms with E-state index in [0.717, 1.165) is 54.1 Å². The number of nitrogens with zero attached hydrogens (tertiary/aromatic N) is 2. The van der Waals surface area contributed by atoms with Crippen molar-refractivity contribution in [3.05, 3.63) is 96.6 Å². The molecule has 9 heteroatoms. The lowest BCUT2D eigenvalue weighted by molar-refractivity contribution is -0.111. The van der Waals surface area contributed by atoms with E-state index >= 15 is 0 Å². The van der Waals surface area contributed by atoms with Gasteiger partial charge >= 0.3 is 0 Å². The van der Waals surface area contributed by atoms with Gasteiger partial charge < -0.3 is 28.6 Å². The third-order valence-corrected chi connectivity index (χ3v) is 8.13. The highest BCUT2D eigenvalue weighted by Crippen LogP contribution is 2.29. The van der Waals surface area contributed by atoms with Crippen molar-refractivity contribution in [2.75, 3.05) is 32.2 Å². The number of ether oxygens (including phenoxy) is 3. The summed E-state index contributed by atoms with van der Waals surface area (Å²) < 4.78 is 31.6. The summed E-state index contributed by atoms with van der Waals surface area (Å²) in [6.07, 6.45) is 8.86. The Morgan fingerprint density at radius 2 is 1.77 bits per heavy atom. The minimum atomic E-state index is -1.21. The van der Waals surface area contributed by atoms with Crippen molar-refractivity contribution < 1.29 is 23.6 Å². The molecule has 3 aromatic carbocycles. The maximum absolute atomic E-state index is 12.8. The van der Waals surface area contributed by atoms with Crippen LogP contribution >= 0.6 is 0 Å². The lowest BCUT2D eigenvalue weighted by atomic mass is 10.0. The molecule has 0 saturated carbocycles. The Labute approximate surface area is 256 Å². The number of nitrogens with one attached hydrogen (secondary N) is 1. The molecule has 0 radical (unpaired) electrons. The summed E-state index contributed by atoms with van der Waals surface area (Å²) in [5.74, 6) is 1.55. The van der Waals surface area contributed by atoms with Crippen LogP contribution in [-0.2, 0) is 33.0 Å². The zero-order valence-electron chi connectivity index (χ0n) is 25.0. The summed E-state index contributed by atoms with van der Waals surface area (Å²) in [7, 11) is 1.60. The number of aromatic nitrogens is 2. The Morgan fingerprint density at radius 1 is 1.00 bits per heavy atom. The fraction of sp³-hybridized carbons (Fsp3) is 0.294. The maximum Gasteiger partial charge on any atom is 0.248 e. The van der Waals surface area contributed by atoms with E-state index in [1.54, 1.807) is 50.0 Å². The lowest BCUT2D eigenvalue weighted by Gasteiger charge is -2.12. The highest BCUT2D eigenvalue weighted by Gasteiger charge is 2.15. The predicted octanol–water partition coefficient (Wildman–Crippen LogP) is 6.73. The van der Waals surface area contributed by atoms with Gasteiger partial charge in [-0.2, -0.15) is 0 Å². The zero-order chi connectivity index (χ0) is 30.4. The van der Waals surface area contributed by atoms with Crippen molar-refractivity contribution in [2.45, 2.75) is 43.9 Å². The maximum atomic E-state index is 12.8. The van der Waals surface area contributed by atoms with E-state index < -0.39 is 11.2 Å². The Bertz CT molecular complexity index is 1470. The van der Waals surface area contributed by atoms with Gasteiger partial charge in [0, 0.05) is 30.5 Å². The van der Waals surface area contributed by atoms with E-state index in [0.29, 0.717) is 35.3 Å². The van der Waals surface area contributed by atoms with E-state index in [-0.39, 0.29) is 5.91 Å². The Morgan fingerprint density at radius 3 is 2.49 bits per heavy atom. The average Bonchev–Trinajstić information content (AvgIpc) is 3.49. The number of hydrogen-bond donors (Lipinski definition) is 1. The molecule has 0 aliphatic heterocycles. The van der Waals surface area contributed by atoms with Gasteiger partial charge in [0.15, 0.2) is 10.6 Å². The Kier molecular flexibility index (Phi) is 12.3. The van der Waals surface area contributed by atoms with Crippen molar-refractivity contribution in [3.63, 3.8) is 0 Å². The number of rotatable bonds is 16. The summed E-state index contributed by atoms with van der Waals surface area (Å²) in [5, 5.41) is 2.86. The predicted molar refractivity (Wildman–Crippen MR) is 172 cm³/mol. The molecule has 226 valence electrons. The van der Waals surface area contributed by atoms with Gasteiger partial charge in [-0.3, -0.25) is 4.79 Å². The van der Waals surface area contributed by atoms with Gasteiger partial charge in [-0.25, -0.2) is 4.98 Å². The van der Waals surface area contributed by atoms with E-state index in [4.69, 9.17) is 14.2 Å². The fourth-order valence-electron chi connectivity index (χ4n) is 4.36. The molecular formula is C34H39N3O5S. The molecule has 1 heterocycles. The third kappa shape index (κ3) is 9.47. The van der Waals surface area contributed by atoms with Crippen LogP contribution in [0.15, 0.2) is 90.2 Å². The SMILES string of the molecule is CCCCOCCOc1ccc(-c2ccc(OC)c(/C=C/C(=O)Nc3ccc([S@@+]([O-])Cc4cncn4CC)cc3)c2)cc1. The molecule has 1 N–H and O–H groups in total. The third-order valence-electron chi connectivity index (χ3n) is 6.77. The first kappa shape index (κ1) is 31.9. The molecule has 0 fully saturated rings. The molecule has 0 bridgehead atoms. The molecule has 0 aliphatic rings. The molecule has 0 aliphatic carbocycles. The number of carbonyl (C=O) groups excluding carboxylic acids is 1. The van der Waals surface area contributed by atoms with Crippen LogP contribution in [0.5, 0.6) is 11.5 Å². The van der Waals surface area contributed by atoms with Crippen molar-refractivity contribution in [2.24, 2.45) is 0 Å². The quantitative estimate of drug-likeness (QED) is 0.0869. The molecule has 1 atom stereocenters. The second kappa shape index (κ2) is 16.6. The van der Waals surface area contributed by atoms with Gasteiger partial charge in [-0.05, 0) is 90.3 Å². The number of aryl methyl sites for hydroxylation is 1. The number of amides is 1. The van der Waals surface area contributed by atoms with Crippen LogP contribution in [0.3, 0.4) is 0 Å².